The molecule has 0 saturated heterocycles. The van der Waals surface area contributed by atoms with E-state index < -0.39 is 0 Å². The average Bonchev–Trinajstić information content (AvgIpc) is 2.50. The lowest BCUT2D eigenvalue weighted by Gasteiger charge is -2.15. The van der Waals surface area contributed by atoms with Gasteiger partial charge in [-0.15, -0.1) is 6.58 Å². The van der Waals surface area contributed by atoms with Crippen LogP contribution in [0.3, 0.4) is 0 Å². The van der Waals surface area contributed by atoms with Crippen molar-refractivity contribution in [3.63, 3.8) is 0 Å². The number of ether oxygens (including phenoxy) is 1. The van der Waals surface area contributed by atoms with Gasteiger partial charge in [-0.25, -0.2) is 0 Å². The fourth-order valence-corrected chi connectivity index (χ4v) is 1.90. The molecule has 0 aliphatic carbocycles. The minimum absolute atomic E-state index is 0.492. The minimum atomic E-state index is 0.492. The zero-order valence-electron chi connectivity index (χ0n) is 12.6. The molecule has 0 spiro atoms. The molecular weight excluding hydrogens is 250 g/mol. The number of hydrogen-bond acceptors (Lipinski definition) is 2. The first-order valence-corrected chi connectivity index (χ1v) is 6.90. The summed E-state index contributed by atoms with van der Waals surface area (Å²) in [6.45, 7) is 7.49. The quantitative estimate of drug-likeness (QED) is 0.457. The van der Waals surface area contributed by atoms with Gasteiger partial charge in [-0.1, -0.05) is 25.1 Å². The van der Waals surface area contributed by atoms with Crippen molar-refractivity contribution >= 4 is 5.96 Å². The Kier molecular flexibility index (Phi) is 7.25. The highest BCUT2D eigenvalue weighted by Gasteiger charge is 2.06. The molecule has 110 valence electrons. The van der Waals surface area contributed by atoms with E-state index in [0.717, 1.165) is 24.7 Å². The molecule has 1 unspecified atom stereocenters. The monoisotopic (exact) mass is 275 g/mol. The summed E-state index contributed by atoms with van der Waals surface area (Å²) >= 11 is 0. The van der Waals surface area contributed by atoms with Crippen LogP contribution in [-0.2, 0) is 0 Å². The molecule has 1 aromatic carbocycles. The lowest BCUT2D eigenvalue weighted by atomic mass is 9.98. The fourth-order valence-electron chi connectivity index (χ4n) is 1.90. The van der Waals surface area contributed by atoms with E-state index in [2.05, 4.69) is 41.3 Å². The maximum atomic E-state index is 5.17. The maximum Gasteiger partial charge on any atom is 0.191 e. The lowest BCUT2D eigenvalue weighted by Crippen LogP contribution is -2.38. The second-order valence-corrected chi connectivity index (χ2v) is 4.63. The third-order valence-corrected chi connectivity index (χ3v) is 3.19. The number of nitrogens with zero attached hydrogens (tertiary/aromatic N) is 1. The first-order valence-electron chi connectivity index (χ1n) is 6.90. The van der Waals surface area contributed by atoms with Crippen LogP contribution in [-0.4, -0.2) is 33.2 Å². The number of aliphatic imine (C=N–C) groups is 1. The molecule has 1 aromatic rings. The van der Waals surface area contributed by atoms with E-state index in [4.69, 9.17) is 4.74 Å². The molecule has 0 heterocycles. The van der Waals surface area contributed by atoms with Crippen LogP contribution in [0.5, 0.6) is 5.75 Å². The first-order chi connectivity index (χ1) is 9.71. The molecule has 4 nitrogen and oxygen atoms in total. The number of benzene rings is 1. The van der Waals surface area contributed by atoms with Gasteiger partial charge in [-0.3, -0.25) is 4.99 Å². The van der Waals surface area contributed by atoms with Gasteiger partial charge in [0, 0.05) is 20.1 Å². The van der Waals surface area contributed by atoms with Crippen LogP contribution in [0.4, 0.5) is 0 Å². The maximum absolute atomic E-state index is 5.17. The Balaban J connectivity index is 2.38. The highest BCUT2D eigenvalue weighted by atomic mass is 16.5. The van der Waals surface area contributed by atoms with Gasteiger partial charge in [0.05, 0.1) is 7.11 Å². The standard InChI is InChI=1S/C16H25N3O/c1-5-11-18-16(17-3)19-12-10-13(2)14-6-8-15(20-4)9-7-14/h5-9,13H,1,10-12H2,2-4H3,(H2,17,18,19). The molecule has 0 aliphatic heterocycles. The number of nitrogens with one attached hydrogen (secondary N) is 2. The molecule has 0 aromatic heterocycles. The minimum Gasteiger partial charge on any atom is -0.497 e. The van der Waals surface area contributed by atoms with Crippen molar-refractivity contribution in [3.05, 3.63) is 42.5 Å². The van der Waals surface area contributed by atoms with Gasteiger partial charge in [-0.05, 0) is 30.0 Å². The van der Waals surface area contributed by atoms with Crippen molar-refractivity contribution in [2.45, 2.75) is 19.3 Å². The predicted molar refractivity (Wildman–Crippen MR) is 85.6 cm³/mol. The van der Waals surface area contributed by atoms with E-state index in [9.17, 15) is 0 Å². The van der Waals surface area contributed by atoms with Crippen molar-refractivity contribution in [1.29, 1.82) is 0 Å². The van der Waals surface area contributed by atoms with Gasteiger partial charge in [0.2, 0.25) is 0 Å². The van der Waals surface area contributed by atoms with Gasteiger partial charge in [-0.2, -0.15) is 0 Å². The molecular formula is C16H25N3O. The van der Waals surface area contributed by atoms with E-state index in [1.807, 2.05) is 18.2 Å². The summed E-state index contributed by atoms with van der Waals surface area (Å²) in [5.41, 5.74) is 1.32. The highest BCUT2D eigenvalue weighted by molar-refractivity contribution is 5.79. The summed E-state index contributed by atoms with van der Waals surface area (Å²) in [6.07, 6.45) is 2.86. The van der Waals surface area contributed by atoms with Crippen molar-refractivity contribution < 1.29 is 4.74 Å². The van der Waals surface area contributed by atoms with Crippen molar-refractivity contribution in [2.24, 2.45) is 4.99 Å². The number of rotatable bonds is 7. The molecule has 4 heteroatoms. The summed E-state index contributed by atoms with van der Waals surface area (Å²) < 4.78 is 5.17. The number of methoxy groups -OCH3 is 1. The predicted octanol–water partition coefficient (Wildman–Crippen LogP) is 2.54. The second kappa shape index (κ2) is 9.02. The molecule has 1 rings (SSSR count). The van der Waals surface area contributed by atoms with Crippen molar-refractivity contribution in [2.75, 3.05) is 27.2 Å². The van der Waals surface area contributed by atoms with Crippen molar-refractivity contribution in [3.8, 4) is 5.75 Å². The third-order valence-electron chi connectivity index (χ3n) is 3.19. The molecule has 0 fully saturated rings. The largest absolute Gasteiger partial charge is 0.497 e. The third kappa shape index (κ3) is 5.34. The first kappa shape index (κ1) is 16.1. The van der Waals surface area contributed by atoms with Crippen LogP contribution >= 0.6 is 0 Å². The summed E-state index contributed by atoms with van der Waals surface area (Å²) in [5, 5.41) is 6.45. The van der Waals surface area contributed by atoms with Gasteiger partial charge < -0.3 is 15.4 Å². The zero-order valence-corrected chi connectivity index (χ0v) is 12.6. The molecule has 0 amide bonds. The van der Waals surface area contributed by atoms with Crippen LogP contribution in [0.2, 0.25) is 0 Å². The summed E-state index contributed by atoms with van der Waals surface area (Å²) in [5.74, 6) is 2.20. The van der Waals surface area contributed by atoms with Gasteiger partial charge in [0.15, 0.2) is 5.96 Å². The van der Waals surface area contributed by atoms with Gasteiger partial charge >= 0.3 is 0 Å². The zero-order chi connectivity index (χ0) is 14.8. The van der Waals surface area contributed by atoms with Crippen LogP contribution in [0, 0.1) is 0 Å². The van der Waals surface area contributed by atoms with E-state index in [-0.39, 0.29) is 0 Å². The van der Waals surface area contributed by atoms with Crippen LogP contribution in [0.25, 0.3) is 0 Å². The molecule has 2 N–H and O–H groups in total. The molecule has 1 atom stereocenters. The smallest absolute Gasteiger partial charge is 0.191 e. The Hall–Kier alpha value is -1.97. The summed E-state index contributed by atoms with van der Waals surface area (Å²) in [4.78, 5) is 4.15. The molecule has 0 radical (unpaired) electrons. The summed E-state index contributed by atoms with van der Waals surface area (Å²) in [6, 6.07) is 8.25. The molecule has 0 aliphatic rings. The molecule has 0 bridgehead atoms. The van der Waals surface area contributed by atoms with Crippen LogP contribution < -0.4 is 15.4 Å². The Bertz CT molecular complexity index is 426. The Labute approximate surface area is 121 Å². The van der Waals surface area contributed by atoms with Crippen molar-refractivity contribution in [1.82, 2.24) is 10.6 Å². The molecule has 20 heavy (non-hydrogen) atoms. The van der Waals surface area contributed by atoms with Gasteiger partial charge in [0.1, 0.15) is 5.75 Å². The molecule has 0 saturated carbocycles. The highest BCUT2D eigenvalue weighted by Crippen LogP contribution is 2.21. The average molecular weight is 275 g/mol. The van der Waals surface area contributed by atoms with E-state index in [0.29, 0.717) is 12.5 Å². The number of guanidine groups is 1. The number of hydrogen-bond donors (Lipinski definition) is 2. The van der Waals surface area contributed by atoms with Gasteiger partial charge in [0.25, 0.3) is 0 Å². The second-order valence-electron chi connectivity index (χ2n) is 4.63. The van der Waals surface area contributed by atoms with E-state index in [1.54, 1.807) is 14.2 Å². The SMILES string of the molecule is C=CCNC(=NC)NCCC(C)c1ccc(OC)cc1. The van der Waals surface area contributed by atoms with E-state index in [1.165, 1.54) is 5.56 Å². The Morgan fingerprint density at radius 3 is 2.60 bits per heavy atom. The topological polar surface area (TPSA) is 45.7 Å². The normalized spacial score (nSPS) is 12.7. The lowest BCUT2D eigenvalue weighted by molar-refractivity contribution is 0.414. The van der Waals surface area contributed by atoms with Crippen LogP contribution in [0.1, 0.15) is 24.8 Å². The van der Waals surface area contributed by atoms with Crippen LogP contribution in [0.15, 0.2) is 41.9 Å². The summed E-state index contributed by atoms with van der Waals surface area (Å²) in [7, 11) is 3.45. The Morgan fingerprint density at radius 2 is 2.05 bits per heavy atom. The van der Waals surface area contributed by atoms with E-state index >= 15 is 0 Å². The fraction of sp³-hybridized carbons (Fsp3) is 0.438. The Morgan fingerprint density at radius 1 is 1.35 bits per heavy atom.